The van der Waals surface area contributed by atoms with Crippen molar-refractivity contribution in [3.63, 3.8) is 0 Å². The number of benzene rings is 3. The molecule has 4 rings (SSSR count). The van der Waals surface area contributed by atoms with Crippen molar-refractivity contribution >= 4 is 40.0 Å². The van der Waals surface area contributed by atoms with E-state index in [-0.39, 0.29) is 0 Å². The molecule has 4 nitrogen and oxygen atoms in total. The molecule has 0 aliphatic carbocycles. The topological polar surface area (TPSA) is 49.8 Å². The highest BCUT2D eigenvalue weighted by Crippen LogP contribution is 2.26. The number of anilines is 3. The zero-order valence-corrected chi connectivity index (χ0v) is 16.4. The number of nitrogens with zero attached hydrogens (tertiary/aromatic N) is 2. The maximum atomic E-state index is 6.06. The van der Waals surface area contributed by atoms with Crippen LogP contribution in [0.15, 0.2) is 72.8 Å². The lowest BCUT2D eigenvalue weighted by Gasteiger charge is -2.13. The molecule has 0 saturated heterocycles. The van der Waals surface area contributed by atoms with Crippen LogP contribution in [0.25, 0.3) is 10.9 Å². The molecule has 0 atom stereocenters. The molecule has 4 aromatic rings. The van der Waals surface area contributed by atoms with Crippen LogP contribution in [0.2, 0.25) is 5.02 Å². The normalized spacial score (nSPS) is 10.8. The van der Waals surface area contributed by atoms with Gasteiger partial charge >= 0.3 is 0 Å². The van der Waals surface area contributed by atoms with E-state index in [2.05, 4.69) is 39.9 Å². The quantitative estimate of drug-likeness (QED) is 0.426. The van der Waals surface area contributed by atoms with Gasteiger partial charge in [0.05, 0.1) is 5.52 Å². The maximum Gasteiger partial charge on any atom is 0.229 e. The van der Waals surface area contributed by atoms with E-state index in [0.717, 1.165) is 40.9 Å². The van der Waals surface area contributed by atoms with E-state index in [0.29, 0.717) is 11.0 Å². The maximum absolute atomic E-state index is 6.06. The summed E-state index contributed by atoms with van der Waals surface area (Å²) < 4.78 is 0. The van der Waals surface area contributed by atoms with Gasteiger partial charge in [0.25, 0.3) is 0 Å². The fourth-order valence-electron chi connectivity index (χ4n) is 3.12. The Hall–Kier alpha value is -3.11. The van der Waals surface area contributed by atoms with Crippen molar-refractivity contribution in [3.05, 3.63) is 88.9 Å². The minimum atomic E-state index is 0.561. The van der Waals surface area contributed by atoms with E-state index < -0.39 is 0 Å². The standard InChI is InChI=1S/C23H21ClN4/c1-16-15-18(24)11-12-20(16)26-23-27-21-10-6-5-9-19(21)22(28-23)25-14-13-17-7-3-2-4-8-17/h2-12,15H,13-14H2,1H3,(H2,25,26,27,28). The molecule has 0 unspecified atom stereocenters. The van der Waals surface area contributed by atoms with Crippen molar-refractivity contribution in [3.8, 4) is 0 Å². The number of hydrogen-bond donors (Lipinski definition) is 2. The largest absolute Gasteiger partial charge is 0.369 e. The SMILES string of the molecule is Cc1cc(Cl)ccc1Nc1nc(NCCc2ccccc2)c2ccccc2n1. The van der Waals surface area contributed by atoms with Crippen molar-refractivity contribution in [2.45, 2.75) is 13.3 Å². The lowest BCUT2D eigenvalue weighted by atomic mass is 10.1. The molecule has 140 valence electrons. The first-order valence-electron chi connectivity index (χ1n) is 9.27. The van der Waals surface area contributed by atoms with Gasteiger partial charge < -0.3 is 10.6 Å². The summed E-state index contributed by atoms with van der Waals surface area (Å²) in [5, 5.41) is 8.51. The van der Waals surface area contributed by atoms with Crippen LogP contribution < -0.4 is 10.6 Å². The van der Waals surface area contributed by atoms with E-state index in [4.69, 9.17) is 16.6 Å². The summed E-state index contributed by atoms with van der Waals surface area (Å²) in [6.07, 6.45) is 0.929. The molecule has 0 fully saturated rings. The number of rotatable bonds is 6. The Kier molecular flexibility index (Phi) is 5.40. The summed E-state index contributed by atoms with van der Waals surface area (Å²) in [4.78, 5) is 9.39. The van der Waals surface area contributed by atoms with Crippen molar-refractivity contribution in [2.75, 3.05) is 17.2 Å². The molecule has 1 heterocycles. The number of fused-ring (bicyclic) bond motifs is 1. The number of para-hydroxylation sites is 1. The molecule has 0 spiro atoms. The minimum absolute atomic E-state index is 0.561. The molecule has 0 amide bonds. The van der Waals surface area contributed by atoms with Gasteiger partial charge in [0.2, 0.25) is 5.95 Å². The third kappa shape index (κ3) is 4.24. The van der Waals surface area contributed by atoms with Gasteiger partial charge in [-0.2, -0.15) is 4.98 Å². The Balaban J connectivity index is 1.59. The molecule has 3 aromatic carbocycles. The predicted octanol–water partition coefficient (Wildman–Crippen LogP) is 5.99. The first-order valence-corrected chi connectivity index (χ1v) is 9.64. The van der Waals surface area contributed by atoms with Gasteiger partial charge in [-0.25, -0.2) is 4.98 Å². The first-order chi connectivity index (χ1) is 13.7. The van der Waals surface area contributed by atoms with Crippen LogP contribution in [0.4, 0.5) is 17.5 Å². The average Bonchev–Trinajstić information content (AvgIpc) is 2.71. The number of aryl methyl sites for hydroxylation is 1. The second-order valence-corrected chi connectivity index (χ2v) is 7.10. The third-order valence-corrected chi connectivity index (χ3v) is 4.82. The van der Waals surface area contributed by atoms with Crippen molar-refractivity contribution < 1.29 is 0 Å². The Morgan fingerprint density at radius 1 is 0.893 bits per heavy atom. The summed E-state index contributed by atoms with van der Waals surface area (Å²) in [6, 6.07) is 24.2. The fourth-order valence-corrected chi connectivity index (χ4v) is 3.35. The monoisotopic (exact) mass is 388 g/mol. The molecule has 0 radical (unpaired) electrons. The lowest BCUT2D eigenvalue weighted by Crippen LogP contribution is -2.09. The lowest BCUT2D eigenvalue weighted by molar-refractivity contribution is 1.01. The fraction of sp³-hybridized carbons (Fsp3) is 0.130. The number of hydrogen-bond acceptors (Lipinski definition) is 4. The Labute approximate surface area is 169 Å². The number of aromatic nitrogens is 2. The first kappa shape index (κ1) is 18.3. The van der Waals surface area contributed by atoms with Crippen LogP contribution in [0.1, 0.15) is 11.1 Å². The summed E-state index contributed by atoms with van der Waals surface area (Å²) >= 11 is 6.06. The summed E-state index contributed by atoms with van der Waals surface area (Å²) in [6.45, 7) is 2.80. The van der Waals surface area contributed by atoms with Gasteiger partial charge in [0, 0.05) is 22.6 Å². The summed E-state index contributed by atoms with van der Waals surface area (Å²) in [5.74, 6) is 1.39. The van der Waals surface area contributed by atoms with Crippen LogP contribution in [0.5, 0.6) is 0 Å². The third-order valence-electron chi connectivity index (χ3n) is 4.59. The molecule has 28 heavy (non-hydrogen) atoms. The molecule has 0 saturated carbocycles. The van der Waals surface area contributed by atoms with Gasteiger partial charge in [-0.1, -0.05) is 54.1 Å². The van der Waals surface area contributed by atoms with Crippen LogP contribution in [-0.2, 0) is 6.42 Å². The van der Waals surface area contributed by atoms with E-state index in [1.54, 1.807) is 0 Å². The van der Waals surface area contributed by atoms with Gasteiger partial charge in [0.1, 0.15) is 5.82 Å². The number of nitrogens with one attached hydrogen (secondary N) is 2. The van der Waals surface area contributed by atoms with Crippen LogP contribution >= 0.6 is 11.6 Å². The van der Waals surface area contributed by atoms with Crippen molar-refractivity contribution in [1.82, 2.24) is 9.97 Å². The van der Waals surface area contributed by atoms with E-state index in [1.807, 2.05) is 55.5 Å². The second kappa shape index (κ2) is 8.28. The smallest absolute Gasteiger partial charge is 0.229 e. The van der Waals surface area contributed by atoms with E-state index in [9.17, 15) is 0 Å². The second-order valence-electron chi connectivity index (χ2n) is 6.66. The molecule has 5 heteroatoms. The Morgan fingerprint density at radius 2 is 1.68 bits per heavy atom. The minimum Gasteiger partial charge on any atom is -0.369 e. The van der Waals surface area contributed by atoms with Crippen LogP contribution in [0, 0.1) is 6.92 Å². The van der Waals surface area contributed by atoms with E-state index in [1.165, 1.54) is 5.56 Å². The van der Waals surface area contributed by atoms with Crippen LogP contribution in [0.3, 0.4) is 0 Å². The molecular weight excluding hydrogens is 368 g/mol. The summed E-state index contributed by atoms with van der Waals surface area (Å²) in [5.41, 5.74) is 4.18. The zero-order chi connectivity index (χ0) is 19.3. The van der Waals surface area contributed by atoms with Gasteiger partial charge in [0.15, 0.2) is 0 Å². The van der Waals surface area contributed by atoms with Crippen molar-refractivity contribution in [2.24, 2.45) is 0 Å². The van der Waals surface area contributed by atoms with Crippen molar-refractivity contribution in [1.29, 1.82) is 0 Å². The molecule has 2 N–H and O–H groups in total. The van der Waals surface area contributed by atoms with Gasteiger partial charge in [-0.15, -0.1) is 0 Å². The molecule has 0 aliphatic rings. The molecule has 1 aromatic heterocycles. The number of halogens is 1. The average molecular weight is 389 g/mol. The molecule has 0 bridgehead atoms. The predicted molar refractivity (Wildman–Crippen MR) is 118 cm³/mol. The zero-order valence-electron chi connectivity index (χ0n) is 15.6. The summed E-state index contributed by atoms with van der Waals surface area (Å²) in [7, 11) is 0. The highest BCUT2D eigenvalue weighted by molar-refractivity contribution is 6.30. The van der Waals surface area contributed by atoms with E-state index >= 15 is 0 Å². The molecular formula is C23H21ClN4. The van der Waals surface area contributed by atoms with Crippen LogP contribution in [-0.4, -0.2) is 16.5 Å². The Morgan fingerprint density at radius 3 is 2.50 bits per heavy atom. The molecule has 0 aliphatic heterocycles. The van der Waals surface area contributed by atoms with Gasteiger partial charge in [-0.3, -0.25) is 0 Å². The highest BCUT2D eigenvalue weighted by atomic mass is 35.5. The Bertz CT molecular complexity index is 1100. The highest BCUT2D eigenvalue weighted by Gasteiger charge is 2.09. The van der Waals surface area contributed by atoms with Gasteiger partial charge in [-0.05, 0) is 54.8 Å².